The molecule has 0 aromatic rings. The highest BCUT2D eigenvalue weighted by molar-refractivity contribution is 6.74. The Bertz CT molecular complexity index is 996. The standard InChI is InChI=1S/C32H53FO4Si/c1-10-11-12-21-19-22-20-32(36-7,37-38(8,9)29(2,3)4)18-17-30(22,5)24-15-16-31(6)23(26(21)24)13-14-25(31)27(33)28(34)35/h19,21,23-24,26H,10-18,20H2,1-9H3,(H,34,35)/t21?,23-,24-,26-,30-,31-,32?/m0/s1. The molecule has 0 saturated heterocycles. The quantitative estimate of drug-likeness (QED) is 0.149. The molecule has 4 nitrogen and oxygen atoms in total. The van der Waals surface area contributed by atoms with E-state index in [0.717, 1.165) is 51.4 Å². The van der Waals surface area contributed by atoms with Crippen LogP contribution in [0.1, 0.15) is 106 Å². The molecule has 4 rings (SSSR count). The summed E-state index contributed by atoms with van der Waals surface area (Å²) >= 11 is 0. The number of hydrogen-bond donors (Lipinski definition) is 1. The van der Waals surface area contributed by atoms with Gasteiger partial charge in [0.25, 0.3) is 0 Å². The van der Waals surface area contributed by atoms with Gasteiger partial charge in [-0.15, -0.1) is 0 Å². The maximum atomic E-state index is 14.9. The fraction of sp³-hybridized carbons (Fsp3) is 0.844. The van der Waals surface area contributed by atoms with Crippen molar-refractivity contribution in [3.8, 4) is 0 Å². The van der Waals surface area contributed by atoms with E-state index in [9.17, 15) is 14.3 Å². The van der Waals surface area contributed by atoms with Crippen molar-refractivity contribution in [1.82, 2.24) is 0 Å². The normalized spacial score (nSPS) is 40.6. The van der Waals surface area contributed by atoms with Gasteiger partial charge in [0, 0.05) is 20.0 Å². The van der Waals surface area contributed by atoms with Gasteiger partial charge < -0.3 is 14.3 Å². The van der Waals surface area contributed by atoms with Gasteiger partial charge in [-0.05, 0) is 96.7 Å². The fourth-order valence-corrected chi connectivity index (χ4v) is 10.2. The Balaban J connectivity index is 1.73. The van der Waals surface area contributed by atoms with Crippen LogP contribution in [0.4, 0.5) is 4.39 Å². The lowest BCUT2D eigenvalue weighted by Crippen LogP contribution is -2.57. The highest BCUT2D eigenvalue weighted by atomic mass is 28.4. The summed E-state index contributed by atoms with van der Waals surface area (Å²) in [5.74, 6) is -1.04. The van der Waals surface area contributed by atoms with E-state index < -0.39 is 25.9 Å². The number of halogens is 1. The highest BCUT2D eigenvalue weighted by Crippen LogP contribution is 2.69. The van der Waals surface area contributed by atoms with Gasteiger partial charge in [0.2, 0.25) is 5.83 Å². The van der Waals surface area contributed by atoms with E-state index in [1.807, 2.05) is 7.11 Å². The summed E-state index contributed by atoms with van der Waals surface area (Å²) in [6.45, 7) is 18.4. The molecule has 0 radical (unpaired) electrons. The van der Waals surface area contributed by atoms with E-state index in [0.29, 0.717) is 35.7 Å². The maximum absolute atomic E-state index is 14.9. The predicted octanol–water partition coefficient (Wildman–Crippen LogP) is 9.04. The first-order valence-electron chi connectivity index (χ1n) is 15.1. The van der Waals surface area contributed by atoms with Crippen molar-refractivity contribution in [3.63, 3.8) is 0 Å². The van der Waals surface area contributed by atoms with E-state index >= 15 is 0 Å². The van der Waals surface area contributed by atoms with Crippen LogP contribution in [0.5, 0.6) is 0 Å². The summed E-state index contributed by atoms with van der Waals surface area (Å²) in [5, 5.41) is 9.60. The number of hydrogen-bond acceptors (Lipinski definition) is 3. The van der Waals surface area contributed by atoms with Gasteiger partial charge in [-0.3, -0.25) is 0 Å². The molecule has 0 amide bonds. The zero-order valence-electron chi connectivity index (χ0n) is 25.5. The van der Waals surface area contributed by atoms with Gasteiger partial charge in [-0.2, -0.15) is 4.39 Å². The highest BCUT2D eigenvalue weighted by Gasteiger charge is 2.62. The van der Waals surface area contributed by atoms with Gasteiger partial charge in [-0.1, -0.05) is 66.0 Å². The minimum absolute atomic E-state index is 0.0886. The number of unbranched alkanes of at least 4 members (excludes halogenated alkanes) is 1. The first-order chi connectivity index (χ1) is 17.6. The molecular formula is C32H53FO4Si. The average Bonchev–Trinajstić information content (AvgIpc) is 3.18. The summed E-state index contributed by atoms with van der Waals surface area (Å²) in [5.41, 5.74) is 1.84. The molecule has 3 saturated carbocycles. The summed E-state index contributed by atoms with van der Waals surface area (Å²) < 4.78 is 28.2. The second-order valence-electron chi connectivity index (χ2n) is 15.0. The molecule has 0 heterocycles. The maximum Gasteiger partial charge on any atom is 0.364 e. The molecule has 0 aliphatic heterocycles. The lowest BCUT2D eigenvalue weighted by molar-refractivity contribution is -0.199. The van der Waals surface area contributed by atoms with Gasteiger partial charge >= 0.3 is 5.97 Å². The molecule has 7 atom stereocenters. The monoisotopic (exact) mass is 548 g/mol. The van der Waals surface area contributed by atoms with Gasteiger partial charge in [-0.25, -0.2) is 4.79 Å². The van der Waals surface area contributed by atoms with Crippen molar-refractivity contribution < 1.29 is 23.5 Å². The Morgan fingerprint density at radius 2 is 1.79 bits per heavy atom. The third kappa shape index (κ3) is 4.79. The van der Waals surface area contributed by atoms with Crippen molar-refractivity contribution in [3.05, 3.63) is 23.0 Å². The number of rotatable bonds is 7. The zero-order valence-corrected chi connectivity index (χ0v) is 26.5. The van der Waals surface area contributed by atoms with Gasteiger partial charge in [0.15, 0.2) is 14.1 Å². The largest absolute Gasteiger partial charge is 0.476 e. The van der Waals surface area contributed by atoms with Gasteiger partial charge in [0.1, 0.15) is 0 Å². The van der Waals surface area contributed by atoms with Crippen LogP contribution >= 0.6 is 0 Å². The number of methoxy groups -OCH3 is 1. The first kappa shape index (κ1) is 30.0. The predicted molar refractivity (Wildman–Crippen MR) is 154 cm³/mol. The summed E-state index contributed by atoms with van der Waals surface area (Å²) in [6.07, 6.45) is 12.3. The number of allylic oxidation sites excluding steroid dienone is 2. The van der Waals surface area contributed by atoms with Crippen molar-refractivity contribution >= 4 is 14.3 Å². The first-order valence-corrected chi connectivity index (χ1v) is 18.0. The molecule has 3 fully saturated rings. The zero-order chi connectivity index (χ0) is 28.3. The van der Waals surface area contributed by atoms with Crippen LogP contribution in [0.3, 0.4) is 0 Å². The third-order valence-electron chi connectivity index (χ3n) is 12.0. The molecule has 0 spiro atoms. The lowest BCUT2D eigenvalue weighted by atomic mass is 9.45. The Kier molecular flexibility index (Phi) is 8.00. The van der Waals surface area contributed by atoms with Crippen LogP contribution in [0, 0.1) is 34.5 Å². The van der Waals surface area contributed by atoms with Crippen LogP contribution in [0.25, 0.3) is 0 Å². The lowest BCUT2D eigenvalue weighted by Gasteiger charge is -2.61. The van der Waals surface area contributed by atoms with E-state index in [-0.39, 0.29) is 15.9 Å². The van der Waals surface area contributed by atoms with Crippen LogP contribution < -0.4 is 0 Å². The summed E-state index contributed by atoms with van der Waals surface area (Å²) in [4.78, 5) is 11.6. The molecule has 6 heteroatoms. The molecule has 4 aliphatic rings. The Morgan fingerprint density at radius 3 is 2.37 bits per heavy atom. The Morgan fingerprint density at radius 1 is 1.13 bits per heavy atom. The van der Waals surface area contributed by atoms with E-state index in [1.165, 1.54) is 12.0 Å². The summed E-state index contributed by atoms with van der Waals surface area (Å²) in [7, 11) is -0.210. The molecule has 4 aliphatic carbocycles. The molecule has 1 N–H and O–H groups in total. The smallest absolute Gasteiger partial charge is 0.364 e. The van der Waals surface area contributed by atoms with Crippen LogP contribution in [-0.2, 0) is 14.0 Å². The Hall–Kier alpha value is -0.983. The van der Waals surface area contributed by atoms with Crippen LogP contribution in [0.2, 0.25) is 18.1 Å². The molecule has 0 aromatic carbocycles. The fourth-order valence-electron chi connectivity index (χ4n) is 8.71. The van der Waals surface area contributed by atoms with Crippen molar-refractivity contribution in [2.24, 2.45) is 34.5 Å². The second-order valence-corrected chi connectivity index (χ2v) is 19.7. The molecule has 216 valence electrons. The molecule has 38 heavy (non-hydrogen) atoms. The minimum Gasteiger partial charge on any atom is -0.476 e. The van der Waals surface area contributed by atoms with E-state index in [1.54, 1.807) is 0 Å². The van der Waals surface area contributed by atoms with Crippen LogP contribution in [-0.4, -0.2) is 32.3 Å². The minimum atomic E-state index is -2.04. The van der Waals surface area contributed by atoms with E-state index in [2.05, 4.69) is 60.7 Å². The Labute approximate surface area is 232 Å². The number of carboxylic acids is 1. The third-order valence-corrected chi connectivity index (χ3v) is 16.5. The van der Waals surface area contributed by atoms with Crippen molar-refractivity contribution in [2.75, 3.05) is 7.11 Å². The molecular weight excluding hydrogens is 495 g/mol. The number of carboxylic acid groups (broad SMARTS) is 1. The second kappa shape index (κ2) is 10.1. The van der Waals surface area contributed by atoms with Crippen LogP contribution in [0.15, 0.2) is 23.0 Å². The SMILES string of the molecule is CCCCC1C=C2CC(OC)(O[Si](C)(C)C(C)(C)C)CC[C@]2(C)[C@H]2CC[C@]3(C)C(=C(F)C(=O)O)CC[C@H]3[C@H]12. The number of carbonyl (C=O) groups is 1. The molecule has 0 bridgehead atoms. The molecule has 2 unspecified atom stereocenters. The van der Waals surface area contributed by atoms with Crippen molar-refractivity contribution in [1.29, 1.82) is 0 Å². The number of aliphatic carboxylic acids is 1. The van der Waals surface area contributed by atoms with Gasteiger partial charge in [0.05, 0.1) is 0 Å². The average molecular weight is 549 g/mol. The van der Waals surface area contributed by atoms with E-state index in [4.69, 9.17) is 9.16 Å². The van der Waals surface area contributed by atoms with Crippen molar-refractivity contribution in [2.45, 2.75) is 130 Å². The number of fused-ring (bicyclic) bond motifs is 5. The summed E-state index contributed by atoms with van der Waals surface area (Å²) in [6, 6.07) is 0. The number of ether oxygens (including phenoxy) is 1. The topological polar surface area (TPSA) is 55.8 Å². The molecule has 0 aromatic heterocycles.